The van der Waals surface area contributed by atoms with Gasteiger partial charge in [-0.2, -0.15) is 0 Å². The number of aromatic nitrogens is 1. The van der Waals surface area contributed by atoms with Crippen LogP contribution in [0.25, 0.3) is 0 Å². The third-order valence-electron chi connectivity index (χ3n) is 4.53. The molecule has 1 N–H and O–H groups in total. The van der Waals surface area contributed by atoms with Crippen molar-refractivity contribution < 1.29 is 9.53 Å². The highest BCUT2D eigenvalue weighted by atomic mass is 16.5. The van der Waals surface area contributed by atoms with Crippen molar-refractivity contribution in [3.63, 3.8) is 0 Å². The van der Waals surface area contributed by atoms with Crippen LogP contribution in [0.1, 0.15) is 18.5 Å². The van der Waals surface area contributed by atoms with Gasteiger partial charge in [0, 0.05) is 32.5 Å². The zero-order valence-electron chi connectivity index (χ0n) is 14.5. The molecule has 6 heteroatoms. The van der Waals surface area contributed by atoms with Gasteiger partial charge in [0.15, 0.2) is 0 Å². The van der Waals surface area contributed by atoms with Gasteiger partial charge in [-0.15, -0.1) is 0 Å². The third kappa shape index (κ3) is 3.74. The van der Waals surface area contributed by atoms with Gasteiger partial charge in [-0.1, -0.05) is 37.3 Å². The number of anilines is 1. The zero-order valence-corrected chi connectivity index (χ0v) is 14.5. The van der Waals surface area contributed by atoms with Crippen molar-refractivity contribution in [2.45, 2.75) is 19.5 Å². The largest absolute Gasteiger partial charge is 0.383 e. The van der Waals surface area contributed by atoms with Crippen molar-refractivity contribution in [2.24, 2.45) is 5.92 Å². The minimum Gasteiger partial charge on any atom is -0.383 e. The number of nitrogens with one attached hydrogen (secondary N) is 1. The average Bonchev–Trinajstić information content (AvgIpc) is 2.60. The number of carbonyl (C=O) groups is 1. The fourth-order valence-electron chi connectivity index (χ4n) is 3.23. The molecule has 25 heavy (non-hydrogen) atoms. The maximum atomic E-state index is 12.6. The standard InChI is InChI=1S/C19H23N3O3/c1-14-12-22(18(14)15-6-4-3-5-7-15)19(24)20-16-8-9-17(23)21(13-16)10-11-25-2/h3-9,13-14,18H,10-12H2,1-2H3,(H,20,24)/t14-,18-/m1/s1. The van der Waals surface area contributed by atoms with Crippen molar-refractivity contribution in [2.75, 3.05) is 25.6 Å². The minimum absolute atomic E-state index is 0.0839. The number of urea groups is 1. The summed E-state index contributed by atoms with van der Waals surface area (Å²) < 4.78 is 6.54. The molecule has 2 heterocycles. The summed E-state index contributed by atoms with van der Waals surface area (Å²) in [6.45, 7) is 3.75. The number of methoxy groups -OCH3 is 1. The first kappa shape index (κ1) is 17.2. The molecule has 1 aromatic carbocycles. The number of pyridine rings is 1. The van der Waals surface area contributed by atoms with Crippen LogP contribution >= 0.6 is 0 Å². The molecular formula is C19H23N3O3. The Bertz CT molecular complexity index is 788. The Hall–Kier alpha value is -2.60. The van der Waals surface area contributed by atoms with Gasteiger partial charge in [-0.05, 0) is 17.5 Å². The highest BCUT2D eigenvalue weighted by molar-refractivity contribution is 5.90. The van der Waals surface area contributed by atoms with Crippen molar-refractivity contribution in [3.8, 4) is 0 Å². The molecule has 2 atom stereocenters. The highest BCUT2D eigenvalue weighted by Gasteiger charge is 2.39. The predicted octanol–water partition coefficient (Wildman–Crippen LogP) is 2.72. The second-order valence-corrected chi connectivity index (χ2v) is 6.36. The average molecular weight is 341 g/mol. The van der Waals surface area contributed by atoms with Crippen LogP contribution in [0.3, 0.4) is 0 Å². The van der Waals surface area contributed by atoms with Gasteiger partial charge in [0.25, 0.3) is 5.56 Å². The molecule has 1 fully saturated rings. The van der Waals surface area contributed by atoms with Crippen LogP contribution in [0.15, 0.2) is 53.5 Å². The van der Waals surface area contributed by atoms with Gasteiger partial charge in [0.05, 0.1) is 18.3 Å². The lowest BCUT2D eigenvalue weighted by molar-refractivity contribution is 0.0671. The van der Waals surface area contributed by atoms with Crippen molar-refractivity contribution >= 4 is 11.7 Å². The fourth-order valence-corrected chi connectivity index (χ4v) is 3.23. The molecule has 132 valence electrons. The number of likely N-dealkylation sites (tertiary alicyclic amines) is 1. The molecule has 0 aliphatic carbocycles. The van der Waals surface area contributed by atoms with Crippen molar-refractivity contribution in [1.29, 1.82) is 0 Å². The Labute approximate surface area is 147 Å². The van der Waals surface area contributed by atoms with E-state index in [1.54, 1.807) is 19.4 Å². The first-order valence-corrected chi connectivity index (χ1v) is 8.42. The summed E-state index contributed by atoms with van der Waals surface area (Å²) >= 11 is 0. The maximum absolute atomic E-state index is 12.6. The Morgan fingerprint density at radius 3 is 2.68 bits per heavy atom. The summed E-state index contributed by atoms with van der Waals surface area (Å²) in [6.07, 6.45) is 1.65. The number of ether oxygens (including phenoxy) is 1. The topological polar surface area (TPSA) is 63.6 Å². The summed E-state index contributed by atoms with van der Waals surface area (Å²) in [4.78, 5) is 26.3. The van der Waals surface area contributed by atoms with Crippen LogP contribution in [-0.2, 0) is 11.3 Å². The molecule has 1 aliphatic heterocycles. The van der Waals surface area contributed by atoms with E-state index in [4.69, 9.17) is 4.74 Å². The van der Waals surface area contributed by atoms with Gasteiger partial charge in [-0.3, -0.25) is 4.79 Å². The molecule has 2 amide bonds. The second-order valence-electron chi connectivity index (χ2n) is 6.36. The van der Waals surface area contributed by atoms with E-state index in [2.05, 4.69) is 12.2 Å². The van der Waals surface area contributed by atoms with E-state index in [1.807, 2.05) is 35.2 Å². The normalized spacial score (nSPS) is 19.4. The Kier molecular flexibility index (Phi) is 5.19. The lowest BCUT2D eigenvalue weighted by Gasteiger charge is -2.46. The van der Waals surface area contributed by atoms with Gasteiger partial charge in [-0.25, -0.2) is 4.79 Å². The van der Waals surface area contributed by atoms with E-state index in [1.165, 1.54) is 10.6 Å². The molecule has 1 aromatic heterocycles. The highest BCUT2D eigenvalue weighted by Crippen LogP contribution is 2.38. The smallest absolute Gasteiger partial charge is 0.322 e. The van der Waals surface area contributed by atoms with Crippen LogP contribution in [0.4, 0.5) is 10.5 Å². The minimum atomic E-state index is -0.149. The number of hydrogen-bond donors (Lipinski definition) is 1. The fraction of sp³-hybridized carbons (Fsp3) is 0.368. The molecule has 3 rings (SSSR count). The maximum Gasteiger partial charge on any atom is 0.322 e. The zero-order chi connectivity index (χ0) is 17.8. The van der Waals surface area contributed by atoms with Gasteiger partial charge < -0.3 is 19.5 Å². The van der Waals surface area contributed by atoms with Crippen molar-refractivity contribution in [1.82, 2.24) is 9.47 Å². The first-order chi connectivity index (χ1) is 12.1. The van der Waals surface area contributed by atoms with E-state index < -0.39 is 0 Å². The molecule has 1 saturated heterocycles. The molecule has 0 bridgehead atoms. The van der Waals surface area contributed by atoms with E-state index in [0.29, 0.717) is 31.3 Å². The van der Waals surface area contributed by atoms with Crippen LogP contribution in [-0.4, -0.2) is 35.8 Å². The number of hydrogen-bond acceptors (Lipinski definition) is 3. The van der Waals surface area contributed by atoms with Gasteiger partial charge >= 0.3 is 6.03 Å². The van der Waals surface area contributed by atoms with Crippen LogP contribution in [0.5, 0.6) is 0 Å². The quantitative estimate of drug-likeness (QED) is 0.909. The van der Waals surface area contributed by atoms with E-state index in [0.717, 1.165) is 5.56 Å². The molecule has 2 aromatic rings. The van der Waals surface area contributed by atoms with Crippen LogP contribution in [0, 0.1) is 5.92 Å². The molecule has 0 unspecified atom stereocenters. The molecule has 6 nitrogen and oxygen atoms in total. The molecule has 0 spiro atoms. The Morgan fingerprint density at radius 2 is 2.00 bits per heavy atom. The number of carbonyl (C=O) groups excluding carboxylic acids is 1. The number of amides is 2. The Morgan fingerprint density at radius 1 is 1.24 bits per heavy atom. The summed E-state index contributed by atoms with van der Waals surface area (Å²) in [5.74, 6) is 0.420. The lowest BCUT2D eigenvalue weighted by atomic mass is 9.85. The first-order valence-electron chi connectivity index (χ1n) is 8.42. The van der Waals surface area contributed by atoms with Crippen LogP contribution in [0.2, 0.25) is 0 Å². The second kappa shape index (κ2) is 7.53. The number of nitrogens with zero attached hydrogens (tertiary/aromatic N) is 2. The van der Waals surface area contributed by atoms with Crippen molar-refractivity contribution in [3.05, 3.63) is 64.6 Å². The summed E-state index contributed by atoms with van der Waals surface area (Å²) in [5, 5.41) is 2.89. The van der Waals surface area contributed by atoms with E-state index >= 15 is 0 Å². The van der Waals surface area contributed by atoms with Crippen LogP contribution < -0.4 is 10.9 Å². The molecular weight excluding hydrogens is 318 g/mol. The SMILES string of the molecule is COCCn1cc(NC(=O)N2C[C@@H](C)[C@@H]2c2ccccc2)ccc1=O. The summed E-state index contributed by atoms with van der Waals surface area (Å²) in [7, 11) is 1.59. The third-order valence-corrected chi connectivity index (χ3v) is 4.53. The van der Waals surface area contributed by atoms with E-state index in [-0.39, 0.29) is 17.6 Å². The Balaban J connectivity index is 1.71. The summed E-state index contributed by atoms with van der Waals surface area (Å²) in [6, 6.07) is 13.1. The number of rotatable bonds is 5. The molecule has 1 aliphatic rings. The predicted molar refractivity (Wildman–Crippen MR) is 96.6 cm³/mol. The summed E-state index contributed by atoms with van der Waals surface area (Å²) in [5.41, 5.74) is 1.63. The monoisotopic (exact) mass is 341 g/mol. The molecule has 0 radical (unpaired) electrons. The number of benzene rings is 1. The molecule has 0 saturated carbocycles. The van der Waals surface area contributed by atoms with Gasteiger partial charge in [0.1, 0.15) is 0 Å². The van der Waals surface area contributed by atoms with E-state index in [9.17, 15) is 9.59 Å². The lowest BCUT2D eigenvalue weighted by Crippen LogP contribution is -2.53. The van der Waals surface area contributed by atoms with Gasteiger partial charge in [0.2, 0.25) is 0 Å².